The highest BCUT2D eigenvalue weighted by Crippen LogP contribution is 2.25. The van der Waals surface area contributed by atoms with Gasteiger partial charge in [0.15, 0.2) is 6.10 Å². The molecule has 0 bridgehead atoms. The number of rotatable bonds is 3. The van der Waals surface area contributed by atoms with Crippen molar-refractivity contribution in [1.29, 1.82) is 0 Å². The normalized spacial score (nSPS) is 33.7. The van der Waals surface area contributed by atoms with E-state index in [1.165, 1.54) is 0 Å². The number of hydrogen-bond acceptors (Lipinski definition) is 6. The molecule has 4 N–H and O–H groups in total. The summed E-state index contributed by atoms with van der Waals surface area (Å²) < 4.78 is 11.1. The van der Waals surface area contributed by atoms with Crippen molar-refractivity contribution >= 4 is 21.9 Å². The molecule has 8 heteroatoms. The van der Waals surface area contributed by atoms with Gasteiger partial charge in [-0.3, -0.25) is 0 Å². The van der Waals surface area contributed by atoms with Gasteiger partial charge in [0, 0.05) is 4.47 Å². The average Bonchev–Trinajstić information content (AvgIpc) is 2.41. The third-order valence-electron chi connectivity index (χ3n) is 2.88. The van der Waals surface area contributed by atoms with Crippen LogP contribution in [0.25, 0.3) is 0 Å². The van der Waals surface area contributed by atoms with Crippen LogP contribution in [0.5, 0.6) is 5.75 Å². The van der Waals surface area contributed by atoms with E-state index < -0.39 is 36.7 Å². The molecule has 1 heterocycles. The lowest BCUT2D eigenvalue weighted by molar-refractivity contribution is -0.271. The van der Waals surface area contributed by atoms with E-state index >= 15 is 0 Å². The van der Waals surface area contributed by atoms with Gasteiger partial charge in [-0.1, -0.05) is 15.9 Å². The molecule has 5 unspecified atom stereocenters. The number of aliphatic hydroxyl groups is 3. The minimum atomic E-state index is -1.73. The Morgan fingerprint density at radius 1 is 1.10 bits per heavy atom. The molecule has 1 saturated heterocycles. The molecule has 0 aromatic heterocycles. The second-order valence-electron chi connectivity index (χ2n) is 4.31. The smallest absolute Gasteiger partial charge is 0.335 e. The van der Waals surface area contributed by atoms with Gasteiger partial charge in [0.25, 0.3) is 0 Å². The maximum Gasteiger partial charge on any atom is 0.335 e. The second-order valence-corrected chi connectivity index (χ2v) is 5.22. The third-order valence-corrected chi connectivity index (χ3v) is 3.41. The number of carbonyl (C=O) groups is 1. The number of aliphatic carboxylic acids is 1. The SMILES string of the molecule is O=C(O)C1OC(Oc2ccc(Br)cc2)C(O)C(O)C1O. The molecule has 20 heavy (non-hydrogen) atoms. The molecule has 7 nitrogen and oxygen atoms in total. The van der Waals surface area contributed by atoms with Crippen LogP contribution >= 0.6 is 15.9 Å². The Balaban J connectivity index is 2.13. The summed E-state index contributed by atoms with van der Waals surface area (Å²) >= 11 is 3.24. The van der Waals surface area contributed by atoms with E-state index in [-0.39, 0.29) is 0 Å². The lowest BCUT2D eigenvalue weighted by Crippen LogP contribution is -2.61. The Labute approximate surface area is 122 Å². The number of benzene rings is 1. The van der Waals surface area contributed by atoms with Gasteiger partial charge in [-0.2, -0.15) is 0 Å². The molecule has 0 spiro atoms. The van der Waals surface area contributed by atoms with Crippen LogP contribution in [0.15, 0.2) is 28.7 Å². The Hall–Kier alpha value is -1.19. The van der Waals surface area contributed by atoms with Crippen molar-refractivity contribution in [2.24, 2.45) is 0 Å². The maximum absolute atomic E-state index is 10.9. The highest BCUT2D eigenvalue weighted by Gasteiger charge is 2.48. The number of ether oxygens (including phenoxy) is 2. The van der Waals surface area contributed by atoms with E-state index in [1.54, 1.807) is 24.3 Å². The molecule has 0 radical (unpaired) electrons. The zero-order valence-corrected chi connectivity index (χ0v) is 11.7. The average molecular weight is 349 g/mol. The van der Waals surface area contributed by atoms with Crippen LogP contribution < -0.4 is 4.74 Å². The summed E-state index contributed by atoms with van der Waals surface area (Å²) in [5.74, 6) is -1.13. The molecule has 110 valence electrons. The van der Waals surface area contributed by atoms with Gasteiger partial charge in [-0.05, 0) is 24.3 Å². The number of aliphatic hydroxyl groups excluding tert-OH is 3. The van der Waals surface area contributed by atoms with E-state index in [0.717, 1.165) is 4.47 Å². The molecule has 1 aliphatic heterocycles. The Kier molecular flexibility index (Phi) is 4.61. The minimum absolute atomic E-state index is 0.324. The lowest BCUT2D eigenvalue weighted by atomic mass is 9.99. The van der Waals surface area contributed by atoms with E-state index in [4.69, 9.17) is 14.6 Å². The molecular weight excluding hydrogens is 336 g/mol. The van der Waals surface area contributed by atoms with E-state index in [2.05, 4.69) is 15.9 Å². The van der Waals surface area contributed by atoms with Gasteiger partial charge in [0.2, 0.25) is 6.29 Å². The lowest BCUT2D eigenvalue weighted by Gasteiger charge is -2.38. The molecular formula is C12H13BrO7. The van der Waals surface area contributed by atoms with Crippen LogP contribution in [0.3, 0.4) is 0 Å². The summed E-state index contributed by atoms with van der Waals surface area (Å²) in [6.07, 6.45) is -8.04. The molecule has 1 aliphatic rings. The first-order chi connectivity index (χ1) is 9.40. The molecule has 1 aromatic carbocycles. The molecule has 2 rings (SSSR count). The summed E-state index contributed by atoms with van der Waals surface area (Å²) in [5.41, 5.74) is 0. The molecule has 5 atom stereocenters. The highest BCUT2D eigenvalue weighted by molar-refractivity contribution is 9.10. The van der Waals surface area contributed by atoms with Crippen molar-refractivity contribution in [3.8, 4) is 5.75 Å². The molecule has 1 aromatic rings. The fraction of sp³-hybridized carbons (Fsp3) is 0.417. The largest absolute Gasteiger partial charge is 0.479 e. The standard InChI is InChI=1S/C12H13BrO7/c13-5-1-3-6(4-2-5)19-12-9(16)7(14)8(15)10(20-12)11(17)18/h1-4,7-10,12,14-16H,(H,17,18). The van der Waals surface area contributed by atoms with Crippen molar-refractivity contribution in [2.75, 3.05) is 0 Å². The number of hydrogen-bond donors (Lipinski definition) is 4. The van der Waals surface area contributed by atoms with Crippen LogP contribution in [-0.2, 0) is 9.53 Å². The van der Waals surface area contributed by atoms with Crippen molar-refractivity contribution in [1.82, 2.24) is 0 Å². The summed E-state index contributed by atoms with van der Waals surface area (Å²) in [7, 11) is 0. The number of carboxylic acid groups (broad SMARTS) is 1. The Morgan fingerprint density at radius 3 is 2.25 bits per heavy atom. The van der Waals surface area contributed by atoms with Gasteiger partial charge >= 0.3 is 5.97 Å². The predicted octanol–water partition coefficient (Wildman–Crippen LogP) is -0.280. The van der Waals surface area contributed by atoms with Crippen molar-refractivity contribution < 1.29 is 34.7 Å². The van der Waals surface area contributed by atoms with Crippen LogP contribution in [0.1, 0.15) is 0 Å². The monoisotopic (exact) mass is 348 g/mol. The molecule has 0 aliphatic carbocycles. The fourth-order valence-electron chi connectivity index (χ4n) is 1.80. The van der Waals surface area contributed by atoms with Crippen molar-refractivity contribution in [3.63, 3.8) is 0 Å². The first-order valence-corrected chi connectivity index (χ1v) is 6.54. The first-order valence-electron chi connectivity index (χ1n) is 5.75. The molecule has 0 amide bonds. The van der Waals surface area contributed by atoms with Crippen molar-refractivity contribution in [2.45, 2.75) is 30.7 Å². The van der Waals surface area contributed by atoms with Crippen LogP contribution in [0, 0.1) is 0 Å². The van der Waals surface area contributed by atoms with Crippen LogP contribution in [0.4, 0.5) is 0 Å². The summed E-state index contributed by atoms with van der Waals surface area (Å²) in [6, 6.07) is 6.52. The Morgan fingerprint density at radius 2 is 1.70 bits per heavy atom. The van der Waals surface area contributed by atoms with Gasteiger partial charge in [-0.25, -0.2) is 4.79 Å². The quantitative estimate of drug-likeness (QED) is 0.593. The summed E-state index contributed by atoms with van der Waals surface area (Å²) in [5, 5.41) is 37.8. The molecule has 0 saturated carbocycles. The fourth-order valence-corrected chi connectivity index (χ4v) is 2.06. The number of carboxylic acids is 1. The van der Waals surface area contributed by atoms with Gasteiger partial charge in [0.05, 0.1) is 0 Å². The van der Waals surface area contributed by atoms with Crippen LogP contribution in [-0.4, -0.2) is 57.1 Å². The van der Waals surface area contributed by atoms with Gasteiger partial charge in [0.1, 0.15) is 24.1 Å². The Bertz CT molecular complexity index is 477. The van der Waals surface area contributed by atoms with Crippen molar-refractivity contribution in [3.05, 3.63) is 28.7 Å². The van der Waals surface area contributed by atoms with Gasteiger partial charge in [-0.15, -0.1) is 0 Å². The summed E-state index contributed by atoms with van der Waals surface area (Å²) in [6.45, 7) is 0. The zero-order chi connectivity index (χ0) is 14.9. The maximum atomic E-state index is 10.9. The minimum Gasteiger partial charge on any atom is -0.479 e. The number of halogens is 1. The topological polar surface area (TPSA) is 116 Å². The molecule has 1 fully saturated rings. The van der Waals surface area contributed by atoms with Crippen LogP contribution in [0.2, 0.25) is 0 Å². The second kappa shape index (κ2) is 6.06. The first kappa shape index (κ1) is 15.2. The third kappa shape index (κ3) is 3.10. The van der Waals surface area contributed by atoms with E-state index in [1.807, 2.05) is 0 Å². The van der Waals surface area contributed by atoms with E-state index in [0.29, 0.717) is 5.75 Å². The highest BCUT2D eigenvalue weighted by atomic mass is 79.9. The summed E-state index contributed by atoms with van der Waals surface area (Å²) in [4.78, 5) is 10.9. The van der Waals surface area contributed by atoms with E-state index in [9.17, 15) is 20.1 Å². The van der Waals surface area contributed by atoms with Gasteiger partial charge < -0.3 is 29.9 Å². The zero-order valence-electron chi connectivity index (χ0n) is 10.1. The predicted molar refractivity (Wildman–Crippen MR) is 69.1 cm³/mol.